The van der Waals surface area contributed by atoms with Gasteiger partial charge >= 0.3 is 5.97 Å². The number of aliphatic carboxylic acids is 1. The van der Waals surface area contributed by atoms with Crippen molar-refractivity contribution in [1.29, 1.82) is 0 Å². The average Bonchev–Trinajstić information content (AvgIpc) is 2.48. The molecule has 8 heteroatoms. The lowest BCUT2D eigenvalue weighted by Gasteiger charge is -2.25. The first-order valence-electron chi connectivity index (χ1n) is 6.93. The number of allylic oxidation sites excluding steroid dienone is 2. The summed E-state index contributed by atoms with van der Waals surface area (Å²) in [5, 5.41) is 23.1. The van der Waals surface area contributed by atoms with Crippen LogP contribution in [0.15, 0.2) is 29.3 Å². The third-order valence-corrected chi connectivity index (χ3v) is 4.13. The molecule has 0 saturated carbocycles. The Labute approximate surface area is 137 Å². The molecular formula is C15H15ClN2O5. The first-order valence-corrected chi connectivity index (χ1v) is 7.30. The van der Waals surface area contributed by atoms with Crippen LogP contribution in [-0.4, -0.2) is 21.9 Å². The third kappa shape index (κ3) is 3.87. The molecule has 23 heavy (non-hydrogen) atoms. The van der Waals surface area contributed by atoms with E-state index < -0.39 is 28.6 Å². The van der Waals surface area contributed by atoms with Crippen LogP contribution in [-0.2, 0) is 9.59 Å². The van der Waals surface area contributed by atoms with Crippen molar-refractivity contribution >= 4 is 34.9 Å². The summed E-state index contributed by atoms with van der Waals surface area (Å²) in [6.45, 7) is 1.59. The lowest BCUT2D eigenvalue weighted by molar-refractivity contribution is -0.385. The fraction of sp³-hybridized carbons (Fsp3) is 0.333. The van der Waals surface area contributed by atoms with Crippen molar-refractivity contribution in [3.8, 4) is 0 Å². The minimum absolute atomic E-state index is 0.112. The van der Waals surface area contributed by atoms with Crippen LogP contribution >= 0.6 is 11.6 Å². The molecule has 2 N–H and O–H groups in total. The van der Waals surface area contributed by atoms with Crippen LogP contribution in [0, 0.1) is 28.9 Å². The summed E-state index contributed by atoms with van der Waals surface area (Å²) in [5.74, 6) is -3.26. The zero-order valence-electron chi connectivity index (χ0n) is 12.3. The van der Waals surface area contributed by atoms with Gasteiger partial charge in [-0.05, 0) is 25.8 Å². The van der Waals surface area contributed by atoms with E-state index in [2.05, 4.69) is 5.32 Å². The fourth-order valence-corrected chi connectivity index (χ4v) is 2.78. The van der Waals surface area contributed by atoms with Gasteiger partial charge in [0.05, 0.1) is 16.8 Å². The molecule has 0 aliphatic heterocycles. The van der Waals surface area contributed by atoms with Crippen molar-refractivity contribution in [1.82, 2.24) is 0 Å². The predicted octanol–water partition coefficient (Wildman–Crippen LogP) is 3.08. The predicted molar refractivity (Wildman–Crippen MR) is 84.2 cm³/mol. The number of nitro benzene ring substituents is 1. The summed E-state index contributed by atoms with van der Waals surface area (Å²) < 4.78 is 0. The molecule has 2 rings (SSSR count). The van der Waals surface area contributed by atoms with Crippen LogP contribution in [0.25, 0.3) is 0 Å². The van der Waals surface area contributed by atoms with Gasteiger partial charge in [-0.3, -0.25) is 19.7 Å². The van der Waals surface area contributed by atoms with Crippen LogP contribution in [0.1, 0.15) is 18.4 Å². The number of carbonyl (C=O) groups is 2. The number of benzene rings is 1. The van der Waals surface area contributed by atoms with Gasteiger partial charge in [-0.1, -0.05) is 23.7 Å². The number of anilines is 1. The Bertz CT molecular complexity index is 701. The molecule has 1 aromatic rings. The second-order valence-electron chi connectivity index (χ2n) is 5.39. The van der Waals surface area contributed by atoms with Gasteiger partial charge in [0.2, 0.25) is 5.91 Å². The van der Waals surface area contributed by atoms with Gasteiger partial charge in [0.1, 0.15) is 0 Å². The van der Waals surface area contributed by atoms with Gasteiger partial charge in [-0.25, -0.2) is 0 Å². The van der Waals surface area contributed by atoms with E-state index in [9.17, 15) is 24.8 Å². The first-order chi connectivity index (χ1) is 10.8. The lowest BCUT2D eigenvalue weighted by Crippen LogP contribution is -2.35. The van der Waals surface area contributed by atoms with Crippen LogP contribution < -0.4 is 5.32 Å². The molecule has 0 unspecified atom stereocenters. The van der Waals surface area contributed by atoms with E-state index in [0.29, 0.717) is 10.6 Å². The highest BCUT2D eigenvalue weighted by Crippen LogP contribution is 2.33. The zero-order chi connectivity index (χ0) is 17.1. The summed E-state index contributed by atoms with van der Waals surface area (Å²) in [4.78, 5) is 34.0. The highest BCUT2D eigenvalue weighted by molar-refractivity contribution is 6.29. The van der Waals surface area contributed by atoms with Gasteiger partial charge in [-0.15, -0.1) is 0 Å². The van der Waals surface area contributed by atoms with Gasteiger partial charge in [-0.2, -0.15) is 0 Å². The molecule has 1 aliphatic carbocycles. The molecule has 0 heterocycles. The Kier molecular flexibility index (Phi) is 5.00. The maximum atomic E-state index is 12.4. The number of amides is 1. The van der Waals surface area contributed by atoms with E-state index in [0.717, 1.165) is 0 Å². The van der Waals surface area contributed by atoms with Gasteiger partial charge in [0.15, 0.2) is 0 Å². The summed E-state index contributed by atoms with van der Waals surface area (Å²) >= 11 is 5.91. The molecule has 0 radical (unpaired) electrons. The van der Waals surface area contributed by atoms with Crippen molar-refractivity contribution in [3.63, 3.8) is 0 Å². The van der Waals surface area contributed by atoms with E-state index in [1.54, 1.807) is 13.0 Å². The SMILES string of the molecule is Cc1ccc(NC(=O)[C@H]2CC(Cl)=CC[C@H]2C(=O)O)cc1[N+](=O)[O-]. The van der Waals surface area contributed by atoms with Crippen LogP contribution in [0.5, 0.6) is 0 Å². The number of carboxylic acid groups (broad SMARTS) is 1. The maximum Gasteiger partial charge on any atom is 0.307 e. The minimum atomic E-state index is -1.07. The van der Waals surface area contributed by atoms with Gasteiger partial charge < -0.3 is 10.4 Å². The maximum absolute atomic E-state index is 12.4. The third-order valence-electron chi connectivity index (χ3n) is 3.82. The van der Waals surface area contributed by atoms with E-state index in [4.69, 9.17) is 11.6 Å². The Morgan fingerprint density at radius 2 is 2.09 bits per heavy atom. The normalized spacial score (nSPS) is 20.5. The van der Waals surface area contributed by atoms with Crippen molar-refractivity contribution < 1.29 is 19.6 Å². The molecular weight excluding hydrogens is 324 g/mol. The number of nitrogens with zero attached hydrogens (tertiary/aromatic N) is 1. The second kappa shape index (κ2) is 6.78. The topological polar surface area (TPSA) is 110 Å². The summed E-state index contributed by atoms with van der Waals surface area (Å²) in [5.41, 5.74) is 0.612. The van der Waals surface area contributed by atoms with E-state index in [1.165, 1.54) is 18.2 Å². The summed E-state index contributed by atoms with van der Waals surface area (Å²) in [7, 11) is 0. The largest absolute Gasteiger partial charge is 0.481 e. The number of halogens is 1. The van der Waals surface area contributed by atoms with Crippen molar-refractivity contribution in [2.24, 2.45) is 11.8 Å². The average molecular weight is 339 g/mol. The van der Waals surface area contributed by atoms with E-state index in [-0.39, 0.29) is 24.2 Å². The summed E-state index contributed by atoms with van der Waals surface area (Å²) in [6.07, 6.45) is 1.92. The molecule has 1 amide bonds. The first kappa shape index (κ1) is 17.0. The van der Waals surface area contributed by atoms with Gasteiger partial charge in [0.25, 0.3) is 5.69 Å². The van der Waals surface area contributed by atoms with Crippen molar-refractivity contribution in [2.75, 3.05) is 5.32 Å². The Morgan fingerprint density at radius 3 is 2.70 bits per heavy atom. The van der Waals surface area contributed by atoms with E-state index >= 15 is 0 Å². The second-order valence-corrected chi connectivity index (χ2v) is 5.88. The number of carboxylic acids is 1. The Hall–Kier alpha value is -2.41. The summed E-state index contributed by atoms with van der Waals surface area (Å²) in [6, 6.07) is 4.32. The molecule has 0 saturated heterocycles. The number of nitrogens with one attached hydrogen (secondary N) is 1. The quantitative estimate of drug-likeness (QED) is 0.647. The van der Waals surface area contributed by atoms with Crippen molar-refractivity contribution in [3.05, 3.63) is 45.0 Å². The van der Waals surface area contributed by atoms with Crippen molar-refractivity contribution in [2.45, 2.75) is 19.8 Å². The number of nitro groups is 1. The molecule has 7 nitrogen and oxygen atoms in total. The Balaban J connectivity index is 2.21. The highest BCUT2D eigenvalue weighted by Gasteiger charge is 2.36. The lowest BCUT2D eigenvalue weighted by atomic mass is 9.82. The minimum Gasteiger partial charge on any atom is -0.481 e. The number of hydrogen-bond donors (Lipinski definition) is 2. The number of aryl methyl sites for hydroxylation is 1. The molecule has 1 aromatic carbocycles. The zero-order valence-corrected chi connectivity index (χ0v) is 13.0. The molecule has 2 atom stereocenters. The smallest absolute Gasteiger partial charge is 0.307 e. The number of rotatable bonds is 4. The monoisotopic (exact) mass is 338 g/mol. The Morgan fingerprint density at radius 1 is 1.39 bits per heavy atom. The molecule has 0 spiro atoms. The van der Waals surface area contributed by atoms with Crippen LogP contribution in [0.3, 0.4) is 0 Å². The molecule has 0 fully saturated rings. The number of carbonyl (C=O) groups excluding carboxylic acids is 1. The van der Waals surface area contributed by atoms with Crippen LogP contribution in [0.2, 0.25) is 0 Å². The molecule has 0 bridgehead atoms. The fourth-order valence-electron chi connectivity index (χ4n) is 2.52. The molecule has 0 aromatic heterocycles. The standard InChI is InChI=1S/C15H15ClN2O5/c1-8-2-4-10(7-13(8)18(22)23)17-14(19)12-6-9(16)3-5-11(12)15(20)21/h2-4,7,11-12H,5-6H2,1H3,(H,17,19)(H,20,21)/t11-,12+/m1/s1. The molecule has 122 valence electrons. The van der Waals surface area contributed by atoms with Crippen LogP contribution in [0.4, 0.5) is 11.4 Å². The number of hydrogen-bond acceptors (Lipinski definition) is 4. The molecule has 1 aliphatic rings. The highest BCUT2D eigenvalue weighted by atomic mass is 35.5. The van der Waals surface area contributed by atoms with Gasteiger partial charge in [0, 0.05) is 22.3 Å². The van der Waals surface area contributed by atoms with E-state index in [1.807, 2.05) is 0 Å².